The van der Waals surface area contributed by atoms with Gasteiger partial charge in [0.05, 0.1) is 29.6 Å². The van der Waals surface area contributed by atoms with Crippen LogP contribution in [0.5, 0.6) is 5.75 Å². The molecule has 0 aliphatic rings. The van der Waals surface area contributed by atoms with E-state index in [-0.39, 0.29) is 6.04 Å². The Balaban J connectivity index is 1.68. The number of hydrogen-bond acceptors (Lipinski definition) is 6. The Bertz CT molecular complexity index is 978. The molecule has 4 aromatic rings. The van der Waals surface area contributed by atoms with Crippen LogP contribution in [0.25, 0.3) is 20.7 Å². The van der Waals surface area contributed by atoms with Crippen molar-refractivity contribution in [1.29, 1.82) is 0 Å². The molecule has 5 nitrogen and oxygen atoms in total. The Morgan fingerprint density at radius 2 is 2.00 bits per heavy atom. The van der Waals surface area contributed by atoms with E-state index >= 15 is 0 Å². The number of benzene rings is 1. The zero-order chi connectivity index (χ0) is 17.2. The van der Waals surface area contributed by atoms with Crippen LogP contribution in [-0.4, -0.2) is 17.1 Å². The molecular weight excluding hydrogens is 334 g/mol. The first kappa shape index (κ1) is 15.7. The van der Waals surface area contributed by atoms with Gasteiger partial charge in [-0.1, -0.05) is 0 Å². The zero-order valence-corrected chi connectivity index (χ0v) is 14.7. The molecule has 0 amide bonds. The molecule has 0 saturated heterocycles. The summed E-state index contributed by atoms with van der Waals surface area (Å²) in [5.41, 5.74) is 2.06. The molecular formula is C19H17N3O2S. The van der Waals surface area contributed by atoms with Crippen LogP contribution in [0.3, 0.4) is 0 Å². The molecule has 1 atom stereocenters. The molecule has 0 radical (unpaired) electrons. The molecule has 0 saturated carbocycles. The SMILES string of the molecule is COc1ccc(-c2cc3ncnc(NC(C)c4ccco4)c3s2)cc1. The lowest BCUT2D eigenvalue weighted by atomic mass is 10.2. The summed E-state index contributed by atoms with van der Waals surface area (Å²) in [6.07, 6.45) is 3.26. The number of methoxy groups -OCH3 is 1. The predicted molar refractivity (Wildman–Crippen MR) is 100 cm³/mol. The maximum absolute atomic E-state index is 5.46. The monoisotopic (exact) mass is 351 g/mol. The minimum absolute atomic E-state index is 0.0274. The average molecular weight is 351 g/mol. The summed E-state index contributed by atoms with van der Waals surface area (Å²) in [6, 6.07) is 14.0. The van der Waals surface area contributed by atoms with Crippen LogP contribution in [0, 0.1) is 0 Å². The second-order valence-electron chi connectivity index (χ2n) is 5.66. The first-order valence-electron chi connectivity index (χ1n) is 7.93. The van der Waals surface area contributed by atoms with E-state index in [0.717, 1.165) is 38.0 Å². The number of nitrogens with zero attached hydrogens (tertiary/aromatic N) is 2. The number of anilines is 1. The van der Waals surface area contributed by atoms with Crippen LogP contribution < -0.4 is 10.1 Å². The number of rotatable bonds is 5. The minimum atomic E-state index is 0.0274. The van der Waals surface area contributed by atoms with Crippen LogP contribution in [0.1, 0.15) is 18.7 Å². The third-order valence-corrected chi connectivity index (χ3v) is 5.19. The molecule has 4 rings (SSSR count). The van der Waals surface area contributed by atoms with Crippen LogP contribution in [0.2, 0.25) is 0 Å². The van der Waals surface area contributed by atoms with Crippen molar-refractivity contribution in [2.45, 2.75) is 13.0 Å². The Labute approximate surface area is 149 Å². The summed E-state index contributed by atoms with van der Waals surface area (Å²) in [4.78, 5) is 9.97. The van der Waals surface area contributed by atoms with E-state index in [9.17, 15) is 0 Å². The topological polar surface area (TPSA) is 60.2 Å². The van der Waals surface area contributed by atoms with E-state index in [1.54, 1.807) is 31.0 Å². The van der Waals surface area contributed by atoms with Crippen molar-refractivity contribution in [2.24, 2.45) is 0 Å². The number of aromatic nitrogens is 2. The number of ether oxygens (including phenoxy) is 1. The highest BCUT2D eigenvalue weighted by Crippen LogP contribution is 2.37. The van der Waals surface area contributed by atoms with Crippen molar-refractivity contribution in [1.82, 2.24) is 9.97 Å². The molecule has 25 heavy (non-hydrogen) atoms. The van der Waals surface area contributed by atoms with E-state index in [2.05, 4.69) is 33.5 Å². The highest BCUT2D eigenvalue weighted by Gasteiger charge is 2.14. The molecule has 0 spiro atoms. The predicted octanol–water partition coefficient (Wildman–Crippen LogP) is 5.13. The maximum atomic E-state index is 5.46. The van der Waals surface area contributed by atoms with Crippen molar-refractivity contribution >= 4 is 27.4 Å². The molecule has 0 aliphatic carbocycles. The van der Waals surface area contributed by atoms with Gasteiger partial charge in [-0.3, -0.25) is 0 Å². The molecule has 3 heterocycles. The molecule has 6 heteroatoms. The summed E-state index contributed by atoms with van der Waals surface area (Å²) < 4.78 is 11.7. The third-order valence-electron chi connectivity index (χ3n) is 4.01. The van der Waals surface area contributed by atoms with Crippen molar-refractivity contribution in [2.75, 3.05) is 12.4 Å². The number of nitrogens with one attached hydrogen (secondary N) is 1. The van der Waals surface area contributed by atoms with Gasteiger partial charge in [0.2, 0.25) is 0 Å². The summed E-state index contributed by atoms with van der Waals surface area (Å²) >= 11 is 1.67. The fourth-order valence-corrected chi connectivity index (χ4v) is 3.74. The first-order valence-corrected chi connectivity index (χ1v) is 8.75. The lowest BCUT2D eigenvalue weighted by molar-refractivity contribution is 0.415. The molecule has 0 aliphatic heterocycles. The number of thiophene rings is 1. The molecule has 3 aromatic heterocycles. The van der Waals surface area contributed by atoms with E-state index in [4.69, 9.17) is 9.15 Å². The van der Waals surface area contributed by atoms with Gasteiger partial charge in [-0.05, 0) is 55.0 Å². The number of furan rings is 1. The van der Waals surface area contributed by atoms with Crippen molar-refractivity contribution in [3.8, 4) is 16.2 Å². The standard InChI is InChI=1S/C19H17N3O2S/c1-12(16-4-3-9-24-16)22-19-18-15(20-11-21-19)10-17(25-18)13-5-7-14(23-2)8-6-13/h3-12H,1-2H3,(H,20,21,22). The van der Waals surface area contributed by atoms with Crippen LogP contribution >= 0.6 is 11.3 Å². The fourth-order valence-electron chi connectivity index (χ4n) is 2.67. The summed E-state index contributed by atoms with van der Waals surface area (Å²) in [5, 5.41) is 3.42. The van der Waals surface area contributed by atoms with Gasteiger partial charge in [0.15, 0.2) is 0 Å². The third kappa shape index (κ3) is 3.08. The Morgan fingerprint density at radius 3 is 2.72 bits per heavy atom. The van der Waals surface area contributed by atoms with Crippen LogP contribution in [0.15, 0.2) is 59.5 Å². The smallest absolute Gasteiger partial charge is 0.148 e. The van der Waals surface area contributed by atoms with Crippen molar-refractivity contribution in [3.05, 3.63) is 60.8 Å². The van der Waals surface area contributed by atoms with Crippen molar-refractivity contribution in [3.63, 3.8) is 0 Å². The van der Waals surface area contributed by atoms with E-state index in [0.29, 0.717) is 0 Å². The van der Waals surface area contributed by atoms with Crippen LogP contribution in [-0.2, 0) is 0 Å². The second kappa shape index (κ2) is 6.57. The van der Waals surface area contributed by atoms with Gasteiger partial charge in [0.1, 0.15) is 23.7 Å². The van der Waals surface area contributed by atoms with Gasteiger partial charge < -0.3 is 14.5 Å². The van der Waals surface area contributed by atoms with Crippen LogP contribution in [0.4, 0.5) is 5.82 Å². The fraction of sp³-hybridized carbons (Fsp3) is 0.158. The molecule has 0 fully saturated rings. The van der Waals surface area contributed by atoms with E-state index in [1.165, 1.54) is 0 Å². The lowest BCUT2D eigenvalue weighted by Gasteiger charge is -2.12. The highest BCUT2D eigenvalue weighted by molar-refractivity contribution is 7.22. The molecule has 1 aromatic carbocycles. The van der Waals surface area contributed by atoms with Gasteiger partial charge >= 0.3 is 0 Å². The van der Waals surface area contributed by atoms with Gasteiger partial charge in [-0.15, -0.1) is 11.3 Å². The number of hydrogen-bond donors (Lipinski definition) is 1. The average Bonchev–Trinajstić information content (AvgIpc) is 3.32. The quantitative estimate of drug-likeness (QED) is 0.540. The molecule has 0 bridgehead atoms. The molecule has 1 N–H and O–H groups in total. The van der Waals surface area contributed by atoms with E-state index < -0.39 is 0 Å². The minimum Gasteiger partial charge on any atom is -0.497 e. The van der Waals surface area contributed by atoms with Gasteiger partial charge in [0, 0.05) is 4.88 Å². The maximum Gasteiger partial charge on any atom is 0.148 e. The summed E-state index contributed by atoms with van der Waals surface area (Å²) in [6.45, 7) is 2.05. The first-order chi connectivity index (χ1) is 12.2. The largest absolute Gasteiger partial charge is 0.497 e. The Kier molecular flexibility index (Phi) is 4.11. The van der Waals surface area contributed by atoms with Gasteiger partial charge in [-0.25, -0.2) is 9.97 Å². The van der Waals surface area contributed by atoms with E-state index in [1.807, 2.05) is 31.2 Å². The number of fused-ring (bicyclic) bond motifs is 1. The Morgan fingerprint density at radius 1 is 1.16 bits per heavy atom. The second-order valence-corrected chi connectivity index (χ2v) is 6.71. The van der Waals surface area contributed by atoms with Gasteiger partial charge in [-0.2, -0.15) is 0 Å². The normalized spacial score (nSPS) is 12.2. The highest BCUT2D eigenvalue weighted by atomic mass is 32.1. The van der Waals surface area contributed by atoms with Gasteiger partial charge in [0.25, 0.3) is 0 Å². The lowest BCUT2D eigenvalue weighted by Crippen LogP contribution is -2.07. The molecule has 126 valence electrons. The van der Waals surface area contributed by atoms with Crippen molar-refractivity contribution < 1.29 is 9.15 Å². The zero-order valence-electron chi connectivity index (χ0n) is 13.9. The summed E-state index contributed by atoms with van der Waals surface area (Å²) in [5.74, 6) is 2.54. The summed E-state index contributed by atoms with van der Waals surface area (Å²) in [7, 11) is 1.67. The Hall–Kier alpha value is -2.86. The molecule has 1 unspecified atom stereocenters.